The number of esters is 1. The van der Waals surface area contributed by atoms with Crippen molar-refractivity contribution in [1.29, 1.82) is 0 Å². The van der Waals surface area contributed by atoms with Gasteiger partial charge in [0.15, 0.2) is 0 Å². The van der Waals surface area contributed by atoms with Crippen molar-refractivity contribution < 1.29 is 33.8 Å². The molecule has 5 bridgehead atoms. The third-order valence-electron chi connectivity index (χ3n) is 8.95. The summed E-state index contributed by atoms with van der Waals surface area (Å²) in [6.45, 7) is 4.32. The number of aliphatic hydroxyl groups excluding tert-OH is 1. The lowest BCUT2D eigenvalue weighted by molar-refractivity contribution is -0.150. The number of ether oxygens (including phenoxy) is 2. The lowest BCUT2D eigenvalue weighted by Crippen LogP contribution is -2.58. The highest BCUT2D eigenvalue weighted by atomic mass is 16.5. The number of fused-ring (bicyclic) bond motifs is 2. The predicted octanol–water partition coefficient (Wildman–Crippen LogP) is 2.29. The number of hydrogen-bond acceptors (Lipinski definition) is 7. The third kappa shape index (κ3) is 5.38. The molecule has 4 heterocycles. The molecule has 4 aliphatic heterocycles. The molecular formula is C32H41N3O7. The van der Waals surface area contributed by atoms with Crippen molar-refractivity contribution in [2.75, 3.05) is 26.3 Å². The molecular weight excluding hydrogens is 538 g/mol. The second kappa shape index (κ2) is 12.8. The largest absolute Gasteiger partial charge is 0.463 e. The molecule has 10 nitrogen and oxygen atoms in total. The minimum absolute atomic E-state index is 0.0589. The SMILES string of the molecule is CCCCN1C/C=C\CCC(=O)OC[C@H](c2ccccc2)NC(=O)[C@@H]2[C@H]3C(=O)N([C@@H](CC)CO)[C@H](C1=O)[C@]31C=C[C@H]2O1. The summed E-state index contributed by atoms with van der Waals surface area (Å²) in [6, 6.07) is 6.98. The van der Waals surface area contributed by atoms with Crippen LogP contribution in [-0.4, -0.2) is 88.7 Å². The Hall–Kier alpha value is -3.50. The van der Waals surface area contributed by atoms with Gasteiger partial charge in [0.25, 0.3) is 0 Å². The topological polar surface area (TPSA) is 125 Å². The van der Waals surface area contributed by atoms with E-state index in [4.69, 9.17) is 9.47 Å². The van der Waals surface area contributed by atoms with Crippen molar-refractivity contribution in [2.24, 2.45) is 11.8 Å². The van der Waals surface area contributed by atoms with Gasteiger partial charge < -0.3 is 29.7 Å². The average Bonchev–Trinajstić information content (AvgIpc) is 3.64. The molecule has 0 unspecified atom stereocenters. The van der Waals surface area contributed by atoms with Crippen LogP contribution in [0.1, 0.15) is 57.6 Å². The molecule has 0 saturated carbocycles. The summed E-state index contributed by atoms with van der Waals surface area (Å²) in [5, 5.41) is 13.3. The Morgan fingerprint density at radius 3 is 2.60 bits per heavy atom. The highest BCUT2D eigenvalue weighted by Crippen LogP contribution is 2.56. The summed E-state index contributed by atoms with van der Waals surface area (Å²) in [6.07, 6.45) is 9.29. The summed E-state index contributed by atoms with van der Waals surface area (Å²) in [4.78, 5) is 58.4. The highest BCUT2D eigenvalue weighted by molar-refractivity contribution is 6.00. The third-order valence-corrected chi connectivity index (χ3v) is 8.95. The number of aliphatic hydroxyl groups is 1. The smallest absolute Gasteiger partial charge is 0.306 e. The van der Waals surface area contributed by atoms with E-state index in [-0.39, 0.29) is 37.4 Å². The number of unbranched alkanes of at least 4 members (excludes halogenated alkanes) is 1. The fourth-order valence-corrected chi connectivity index (χ4v) is 6.75. The highest BCUT2D eigenvalue weighted by Gasteiger charge is 2.73. The second-order valence-electron chi connectivity index (χ2n) is 11.5. The number of carbonyl (C=O) groups is 4. The number of nitrogens with zero attached hydrogens (tertiary/aromatic N) is 2. The first kappa shape index (κ1) is 30.0. The number of allylic oxidation sites excluding steroid dienone is 1. The first-order valence-electron chi connectivity index (χ1n) is 15.1. The maximum atomic E-state index is 14.4. The number of rotatable bonds is 7. The van der Waals surface area contributed by atoms with E-state index < -0.39 is 47.6 Å². The molecule has 7 atom stereocenters. The van der Waals surface area contributed by atoms with E-state index in [9.17, 15) is 24.3 Å². The van der Waals surface area contributed by atoms with Gasteiger partial charge in [0.2, 0.25) is 17.7 Å². The van der Waals surface area contributed by atoms with Gasteiger partial charge in [0.05, 0.1) is 36.6 Å². The van der Waals surface area contributed by atoms with Gasteiger partial charge in [-0.05, 0) is 24.8 Å². The molecule has 3 amide bonds. The Kier molecular flexibility index (Phi) is 9.13. The van der Waals surface area contributed by atoms with Crippen LogP contribution in [0.25, 0.3) is 0 Å². The number of benzene rings is 1. The van der Waals surface area contributed by atoms with Gasteiger partial charge in [-0.2, -0.15) is 0 Å². The van der Waals surface area contributed by atoms with Crippen LogP contribution in [0.3, 0.4) is 0 Å². The van der Waals surface area contributed by atoms with Crippen molar-refractivity contribution in [1.82, 2.24) is 15.1 Å². The number of amides is 3. The van der Waals surface area contributed by atoms with Crippen molar-refractivity contribution in [2.45, 2.75) is 75.8 Å². The van der Waals surface area contributed by atoms with Crippen molar-refractivity contribution in [3.05, 3.63) is 60.2 Å². The standard InChI is InChI=1S/C32H41N3O7/c1-3-5-17-34-18-11-7-10-14-25(37)41-20-23(21-12-8-6-9-13-21)33-29(38)26-24-15-16-32(42-24)27(26)30(39)35(22(4-2)19-36)28(32)31(34)40/h6-9,11-13,15-16,22-24,26-28,36H,3-5,10,14,17-20H2,1-2H3,(H,33,38)/b11-7-/t22-,23+,24+,26-,27-,28+,32-/m0/s1. The van der Waals surface area contributed by atoms with Crippen LogP contribution >= 0.6 is 0 Å². The summed E-state index contributed by atoms with van der Waals surface area (Å²) < 4.78 is 12.1. The number of carbonyl (C=O) groups excluding carboxylic acids is 4. The Morgan fingerprint density at radius 1 is 1.10 bits per heavy atom. The average molecular weight is 580 g/mol. The summed E-state index contributed by atoms with van der Waals surface area (Å²) in [5.41, 5.74) is -0.559. The Bertz CT molecular complexity index is 1230. The monoisotopic (exact) mass is 579 g/mol. The van der Waals surface area contributed by atoms with Crippen LogP contribution in [-0.2, 0) is 28.7 Å². The Balaban J connectivity index is 1.57. The number of likely N-dealkylation sites (tertiary alicyclic amines) is 1. The molecule has 0 aliphatic carbocycles. The van der Waals surface area contributed by atoms with Gasteiger partial charge in [0, 0.05) is 19.5 Å². The summed E-state index contributed by atoms with van der Waals surface area (Å²) in [5.74, 6) is -3.25. The maximum absolute atomic E-state index is 14.4. The van der Waals surface area contributed by atoms with E-state index in [0.29, 0.717) is 25.9 Å². The molecule has 0 radical (unpaired) electrons. The summed E-state index contributed by atoms with van der Waals surface area (Å²) in [7, 11) is 0. The lowest BCUT2D eigenvalue weighted by atomic mass is 9.74. The van der Waals surface area contributed by atoms with Crippen molar-refractivity contribution in [3.8, 4) is 0 Å². The number of hydrogen-bond donors (Lipinski definition) is 2. The lowest BCUT2D eigenvalue weighted by Gasteiger charge is -2.38. The minimum Gasteiger partial charge on any atom is -0.463 e. The maximum Gasteiger partial charge on any atom is 0.306 e. The zero-order valence-electron chi connectivity index (χ0n) is 24.3. The molecule has 1 aromatic carbocycles. The van der Waals surface area contributed by atoms with Gasteiger partial charge in [-0.15, -0.1) is 0 Å². The van der Waals surface area contributed by atoms with E-state index in [0.717, 1.165) is 18.4 Å². The van der Waals surface area contributed by atoms with Gasteiger partial charge >= 0.3 is 5.97 Å². The van der Waals surface area contributed by atoms with E-state index in [1.165, 1.54) is 4.90 Å². The van der Waals surface area contributed by atoms with Gasteiger partial charge in [-0.25, -0.2) is 0 Å². The molecule has 10 heteroatoms. The molecule has 42 heavy (non-hydrogen) atoms. The first-order chi connectivity index (χ1) is 20.4. The van der Waals surface area contributed by atoms with Crippen LogP contribution in [0.15, 0.2) is 54.6 Å². The number of nitrogens with one attached hydrogen (secondary N) is 1. The molecule has 2 fully saturated rings. The van der Waals surface area contributed by atoms with Gasteiger partial charge in [-0.3, -0.25) is 19.2 Å². The second-order valence-corrected chi connectivity index (χ2v) is 11.5. The van der Waals surface area contributed by atoms with Crippen molar-refractivity contribution >= 4 is 23.7 Å². The van der Waals surface area contributed by atoms with Crippen LogP contribution in [0.4, 0.5) is 0 Å². The van der Waals surface area contributed by atoms with Gasteiger partial charge in [-0.1, -0.05) is 74.9 Å². The molecule has 0 aromatic heterocycles. The van der Waals surface area contributed by atoms with Crippen LogP contribution < -0.4 is 5.32 Å². The van der Waals surface area contributed by atoms with Crippen LogP contribution in [0.2, 0.25) is 0 Å². The molecule has 226 valence electrons. The normalized spacial score (nSPS) is 33.0. The first-order valence-corrected chi connectivity index (χ1v) is 15.1. The Labute approximate surface area is 246 Å². The molecule has 1 spiro atoms. The van der Waals surface area contributed by atoms with E-state index in [2.05, 4.69) is 5.32 Å². The molecule has 2 saturated heterocycles. The molecule has 5 rings (SSSR count). The quantitative estimate of drug-likeness (QED) is 0.375. The summed E-state index contributed by atoms with van der Waals surface area (Å²) >= 11 is 0. The zero-order valence-corrected chi connectivity index (χ0v) is 24.3. The van der Waals surface area contributed by atoms with Gasteiger partial charge in [0.1, 0.15) is 18.2 Å². The van der Waals surface area contributed by atoms with E-state index >= 15 is 0 Å². The molecule has 4 aliphatic rings. The predicted molar refractivity (Wildman–Crippen MR) is 154 cm³/mol. The Morgan fingerprint density at radius 2 is 1.88 bits per heavy atom. The van der Waals surface area contributed by atoms with Crippen LogP contribution in [0, 0.1) is 11.8 Å². The van der Waals surface area contributed by atoms with Crippen LogP contribution in [0.5, 0.6) is 0 Å². The fourth-order valence-electron chi connectivity index (χ4n) is 6.75. The van der Waals surface area contributed by atoms with E-state index in [1.54, 1.807) is 17.1 Å². The zero-order chi connectivity index (χ0) is 29.9. The molecule has 2 N–H and O–H groups in total. The number of cyclic esters (lactones) is 1. The molecule has 1 aromatic rings. The minimum atomic E-state index is -1.32. The fraction of sp³-hybridized carbons (Fsp3) is 0.562. The van der Waals surface area contributed by atoms with Crippen molar-refractivity contribution in [3.63, 3.8) is 0 Å². The van der Waals surface area contributed by atoms with E-state index in [1.807, 2.05) is 56.3 Å².